The Hall–Kier alpha value is -3.51. The van der Waals surface area contributed by atoms with E-state index in [1.54, 1.807) is 19.9 Å². The highest BCUT2D eigenvalue weighted by Gasteiger charge is 2.23. The number of rotatable bonds is 5. The topological polar surface area (TPSA) is 131 Å². The number of ether oxygens (including phenoxy) is 1. The number of benzene rings is 1. The quantitative estimate of drug-likeness (QED) is 0.470. The van der Waals surface area contributed by atoms with Crippen LogP contribution in [0.3, 0.4) is 0 Å². The van der Waals surface area contributed by atoms with Crippen LogP contribution in [0.2, 0.25) is 0 Å². The first-order valence-corrected chi connectivity index (χ1v) is 9.10. The summed E-state index contributed by atoms with van der Waals surface area (Å²) in [7, 11) is 0. The largest absolute Gasteiger partial charge is 0.494 e. The molecule has 0 bridgehead atoms. The van der Waals surface area contributed by atoms with Crippen LogP contribution in [0.5, 0.6) is 5.88 Å². The molecule has 1 saturated heterocycles. The Bertz CT molecular complexity index is 1090. The summed E-state index contributed by atoms with van der Waals surface area (Å²) in [5.74, 6) is -0.311. The normalized spacial score (nSPS) is 16.2. The summed E-state index contributed by atoms with van der Waals surface area (Å²) < 4.78 is 6.67. The molecule has 0 spiro atoms. The fourth-order valence-corrected chi connectivity index (χ4v) is 3.27. The highest BCUT2D eigenvalue weighted by Crippen LogP contribution is 2.27. The molecule has 2 aromatic rings. The number of nitriles is 1. The minimum atomic E-state index is -0.582. The van der Waals surface area contributed by atoms with Crippen molar-refractivity contribution in [2.45, 2.75) is 39.3 Å². The molecule has 1 aliphatic heterocycles. The first-order valence-electron chi connectivity index (χ1n) is 9.10. The van der Waals surface area contributed by atoms with E-state index >= 15 is 0 Å². The van der Waals surface area contributed by atoms with Crippen LogP contribution in [0.15, 0.2) is 28.0 Å². The van der Waals surface area contributed by atoms with Gasteiger partial charge in [0.15, 0.2) is 0 Å². The predicted octanol–water partition coefficient (Wildman–Crippen LogP) is 2.88. The van der Waals surface area contributed by atoms with Gasteiger partial charge in [-0.15, -0.1) is 0 Å². The molecule has 29 heavy (non-hydrogen) atoms. The zero-order valence-electron chi connectivity index (χ0n) is 16.1. The van der Waals surface area contributed by atoms with Gasteiger partial charge < -0.3 is 9.84 Å². The Kier molecular flexibility index (Phi) is 5.75. The summed E-state index contributed by atoms with van der Waals surface area (Å²) >= 11 is 0. The van der Waals surface area contributed by atoms with E-state index in [9.17, 15) is 25.3 Å². The van der Waals surface area contributed by atoms with Crippen molar-refractivity contribution >= 4 is 17.6 Å². The lowest BCUT2D eigenvalue weighted by Gasteiger charge is -2.17. The summed E-state index contributed by atoms with van der Waals surface area (Å²) in [6, 6.07) is 6.18. The summed E-state index contributed by atoms with van der Waals surface area (Å²) in [6.45, 7) is 4.04. The molecule has 9 heteroatoms. The van der Waals surface area contributed by atoms with E-state index in [0.717, 1.165) is 17.4 Å². The molecule has 1 aliphatic rings. The van der Waals surface area contributed by atoms with Crippen molar-refractivity contribution in [3.8, 4) is 11.9 Å². The minimum absolute atomic E-state index is 0.0852. The van der Waals surface area contributed by atoms with Gasteiger partial charge in [0.25, 0.3) is 11.2 Å². The lowest BCUT2D eigenvalue weighted by atomic mass is 10.1. The van der Waals surface area contributed by atoms with Crippen LogP contribution in [-0.4, -0.2) is 33.5 Å². The smallest absolute Gasteiger partial charge is 0.271 e. The lowest BCUT2D eigenvalue weighted by Crippen LogP contribution is -2.29. The molecule has 1 aromatic carbocycles. The molecule has 0 amide bonds. The molecule has 1 aromatic heterocycles. The lowest BCUT2D eigenvalue weighted by molar-refractivity contribution is -0.384. The number of aliphatic imine (C=N–C) groups is 1. The van der Waals surface area contributed by atoms with Crippen molar-refractivity contribution in [3.63, 3.8) is 0 Å². The van der Waals surface area contributed by atoms with Crippen molar-refractivity contribution < 1.29 is 14.8 Å². The van der Waals surface area contributed by atoms with Gasteiger partial charge in [-0.2, -0.15) is 5.26 Å². The molecular weight excluding hydrogens is 376 g/mol. The fraction of sp³-hybridized carbons (Fsp3) is 0.350. The summed E-state index contributed by atoms with van der Waals surface area (Å²) in [4.78, 5) is 27.4. The maximum atomic E-state index is 12.6. The summed E-state index contributed by atoms with van der Waals surface area (Å²) in [5.41, 5.74) is 0.797. The van der Waals surface area contributed by atoms with E-state index in [1.807, 2.05) is 6.07 Å². The molecular formula is C20H20N4O5. The fourth-order valence-electron chi connectivity index (χ4n) is 3.27. The maximum Gasteiger partial charge on any atom is 0.271 e. The second kappa shape index (κ2) is 8.24. The van der Waals surface area contributed by atoms with Crippen molar-refractivity contribution in [2.75, 3.05) is 6.61 Å². The van der Waals surface area contributed by atoms with E-state index in [-0.39, 0.29) is 35.3 Å². The Labute approximate surface area is 166 Å². The van der Waals surface area contributed by atoms with Gasteiger partial charge in [0.05, 0.1) is 28.8 Å². The monoisotopic (exact) mass is 396 g/mol. The van der Waals surface area contributed by atoms with Crippen LogP contribution in [0, 0.1) is 35.3 Å². The van der Waals surface area contributed by atoms with Crippen molar-refractivity contribution in [2.24, 2.45) is 4.99 Å². The number of aryl methyl sites for hydroxylation is 1. The van der Waals surface area contributed by atoms with Crippen LogP contribution in [0.1, 0.15) is 35.1 Å². The molecule has 1 N–H and O–H groups in total. The Morgan fingerprint density at radius 3 is 2.86 bits per heavy atom. The van der Waals surface area contributed by atoms with E-state index in [2.05, 4.69) is 4.99 Å². The number of pyridine rings is 1. The Morgan fingerprint density at radius 2 is 2.24 bits per heavy atom. The van der Waals surface area contributed by atoms with Crippen molar-refractivity contribution in [1.82, 2.24) is 4.57 Å². The number of hydrogen-bond donors (Lipinski definition) is 1. The average Bonchev–Trinajstić information content (AvgIpc) is 3.20. The number of aromatic nitrogens is 1. The highest BCUT2D eigenvalue weighted by molar-refractivity contribution is 5.87. The summed E-state index contributed by atoms with van der Waals surface area (Å²) in [6.07, 6.45) is 2.75. The van der Waals surface area contributed by atoms with Gasteiger partial charge in [-0.25, -0.2) is 0 Å². The number of nitro groups is 1. The van der Waals surface area contributed by atoms with Gasteiger partial charge in [-0.3, -0.25) is 24.5 Å². The summed E-state index contributed by atoms with van der Waals surface area (Å²) in [5, 5.41) is 31.2. The minimum Gasteiger partial charge on any atom is -0.494 e. The first kappa shape index (κ1) is 20.2. The molecule has 1 atom stereocenters. The van der Waals surface area contributed by atoms with Crippen LogP contribution < -0.4 is 5.56 Å². The third kappa shape index (κ3) is 4.02. The number of nitrogens with zero attached hydrogens (tertiary/aromatic N) is 4. The van der Waals surface area contributed by atoms with Crippen LogP contribution >= 0.6 is 0 Å². The molecule has 2 heterocycles. The zero-order chi connectivity index (χ0) is 21.1. The third-order valence-electron chi connectivity index (χ3n) is 4.99. The second-order valence-electron chi connectivity index (χ2n) is 6.89. The zero-order valence-corrected chi connectivity index (χ0v) is 16.1. The standard InChI is InChI=1S/C20H20N4O5/c1-12-5-6-14(24(27)28)8-18(12)22-10-17-13(2)16(9-21)19(25)23(20(17)26)11-15-4-3-7-29-15/h5-6,8,10,15,26H,3-4,7,11H2,1-2H3. The van der Waals surface area contributed by atoms with Gasteiger partial charge in [0.1, 0.15) is 11.6 Å². The van der Waals surface area contributed by atoms with Gasteiger partial charge in [0.2, 0.25) is 5.88 Å². The van der Waals surface area contributed by atoms with Crippen molar-refractivity contribution in [3.05, 3.63) is 60.9 Å². The molecule has 1 fully saturated rings. The second-order valence-corrected chi connectivity index (χ2v) is 6.89. The van der Waals surface area contributed by atoms with E-state index in [1.165, 1.54) is 18.3 Å². The SMILES string of the molecule is Cc1ccc([N+](=O)[O-])cc1N=Cc1c(C)c(C#N)c(=O)n(CC2CCCO2)c1O. The molecule has 1 unspecified atom stereocenters. The molecule has 150 valence electrons. The van der Waals surface area contributed by atoms with Gasteiger partial charge in [0, 0.05) is 25.0 Å². The third-order valence-corrected chi connectivity index (χ3v) is 4.99. The van der Waals surface area contributed by atoms with E-state index < -0.39 is 10.5 Å². The van der Waals surface area contributed by atoms with Crippen LogP contribution in [-0.2, 0) is 11.3 Å². The van der Waals surface area contributed by atoms with Gasteiger partial charge >= 0.3 is 0 Å². The number of non-ortho nitro benzene ring substituents is 1. The Balaban J connectivity index is 2.08. The average molecular weight is 396 g/mol. The number of nitro benzene ring substituents is 1. The molecule has 3 rings (SSSR count). The van der Waals surface area contributed by atoms with Gasteiger partial charge in [-0.1, -0.05) is 6.07 Å². The van der Waals surface area contributed by atoms with E-state index in [4.69, 9.17) is 4.74 Å². The maximum absolute atomic E-state index is 12.6. The van der Waals surface area contributed by atoms with Crippen LogP contribution in [0.25, 0.3) is 0 Å². The molecule has 0 saturated carbocycles. The molecule has 0 radical (unpaired) electrons. The van der Waals surface area contributed by atoms with Crippen molar-refractivity contribution in [1.29, 1.82) is 5.26 Å². The number of aromatic hydroxyl groups is 1. The van der Waals surface area contributed by atoms with E-state index in [0.29, 0.717) is 23.4 Å². The molecule has 9 nitrogen and oxygen atoms in total. The Morgan fingerprint density at radius 1 is 1.48 bits per heavy atom. The van der Waals surface area contributed by atoms with Gasteiger partial charge in [-0.05, 0) is 37.8 Å². The number of hydrogen-bond acceptors (Lipinski definition) is 7. The van der Waals surface area contributed by atoms with Crippen LogP contribution in [0.4, 0.5) is 11.4 Å². The highest BCUT2D eigenvalue weighted by atomic mass is 16.6. The molecule has 0 aliphatic carbocycles. The predicted molar refractivity (Wildman–Crippen MR) is 106 cm³/mol. The first-order chi connectivity index (χ1) is 13.8.